The Morgan fingerprint density at radius 1 is 1.45 bits per heavy atom. The van der Waals surface area contributed by atoms with Gasteiger partial charge in [0.25, 0.3) is 0 Å². The van der Waals surface area contributed by atoms with Crippen LogP contribution in [0.3, 0.4) is 0 Å². The lowest BCUT2D eigenvalue weighted by molar-refractivity contribution is -0.150. The molecule has 6 heteroatoms. The van der Waals surface area contributed by atoms with Crippen LogP contribution in [0.1, 0.15) is 25.0 Å². The van der Waals surface area contributed by atoms with Gasteiger partial charge in [0.15, 0.2) is 6.04 Å². The number of nitrogens with one attached hydrogen (secondary N) is 1. The number of carbonyl (C=O) groups is 2. The van der Waals surface area contributed by atoms with Crippen molar-refractivity contribution in [2.75, 3.05) is 12.9 Å². The van der Waals surface area contributed by atoms with Crippen molar-refractivity contribution in [3.63, 3.8) is 0 Å². The highest BCUT2D eigenvalue weighted by Gasteiger charge is 2.28. The molecule has 1 aromatic rings. The summed E-state index contributed by atoms with van der Waals surface area (Å²) in [6.45, 7) is 2.13. The molecule has 0 unspecified atom stereocenters. The van der Waals surface area contributed by atoms with Crippen LogP contribution in [0.15, 0.2) is 29.2 Å². The number of esters is 1. The number of hydrogen-bond donors (Lipinski definition) is 2. The summed E-state index contributed by atoms with van der Waals surface area (Å²) < 4.78 is 4.97. The van der Waals surface area contributed by atoms with Gasteiger partial charge >= 0.3 is 5.97 Å². The molecule has 0 radical (unpaired) electrons. The third kappa shape index (κ3) is 4.54. The van der Waals surface area contributed by atoms with E-state index in [-0.39, 0.29) is 6.61 Å². The molecule has 110 valence electrons. The van der Waals surface area contributed by atoms with E-state index in [2.05, 4.69) is 5.32 Å². The fourth-order valence-corrected chi connectivity index (χ4v) is 2.06. The van der Waals surface area contributed by atoms with E-state index in [1.165, 1.54) is 0 Å². The Bertz CT molecular complexity index is 435. The molecule has 0 aromatic heterocycles. The monoisotopic (exact) mass is 297 g/mol. The summed E-state index contributed by atoms with van der Waals surface area (Å²) in [5, 5.41) is 12.5. The first kappa shape index (κ1) is 16.5. The third-order valence-electron chi connectivity index (χ3n) is 2.72. The number of thioether (sulfide) groups is 1. The van der Waals surface area contributed by atoms with Crippen molar-refractivity contribution < 1.29 is 19.4 Å². The minimum absolute atomic E-state index is 0.258. The zero-order valence-electron chi connectivity index (χ0n) is 11.5. The highest BCUT2D eigenvalue weighted by atomic mass is 32.2. The summed E-state index contributed by atoms with van der Waals surface area (Å²) >= 11 is 1.58. The molecule has 0 aliphatic carbocycles. The fraction of sp³-hybridized carbons (Fsp3) is 0.429. The summed E-state index contributed by atoms with van der Waals surface area (Å²) in [5.74, 6) is -0.639. The lowest BCUT2D eigenvalue weighted by Crippen LogP contribution is -2.42. The number of ether oxygens (including phenoxy) is 1. The Kier molecular flexibility index (Phi) is 7.11. The fourth-order valence-electron chi connectivity index (χ4n) is 1.65. The number of aliphatic hydroxyl groups excluding tert-OH is 1. The highest BCUT2D eigenvalue weighted by molar-refractivity contribution is 7.98. The molecule has 0 aliphatic rings. The van der Waals surface area contributed by atoms with Gasteiger partial charge in [-0.15, -0.1) is 11.8 Å². The molecule has 2 N–H and O–H groups in total. The average molecular weight is 297 g/mol. The van der Waals surface area contributed by atoms with Gasteiger partial charge in [0, 0.05) is 4.90 Å². The van der Waals surface area contributed by atoms with E-state index in [0.29, 0.717) is 18.4 Å². The van der Waals surface area contributed by atoms with Crippen LogP contribution in [0.25, 0.3) is 0 Å². The van der Waals surface area contributed by atoms with Crippen molar-refractivity contribution in [2.45, 2.75) is 30.4 Å². The van der Waals surface area contributed by atoms with Gasteiger partial charge in [-0.05, 0) is 30.4 Å². The van der Waals surface area contributed by atoms with Crippen LogP contribution in [0.2, 0.25) is 0 Å². The van der Waals surface area contributed by atoms with Gasteiger partial charge in [-0.3, -0.25) is 4.79 Å². The molecule has 0 saturated heterocycles. The smallest absolute Gasteiger partial charge is 0.331 e. The summed E-state index contributed by atoms with van der Waals surface area (Å²) in [7, 11) is 0. The molecule has 1 rings (SSSR count). The molecule has 0 fully saturated rings. The summed E-state index contributed by atoms with van der Waals surface area (Å²) in [6, 6.07) is 6.04. The number of carbonyl (C=O) groups excluding carboxylic acids is 2. The molecule has 0 bridgehead atoms. The maximum atomic E-state index is 11.8. The first-order valence-electron chi connectivity index (χ1n) is 6.32. The third-order valence-corrected chi connectivity index (χ3v) is 3.47. The number of amides is 1. The Balaban J connectivity index is 2.83. The predicted molar refractivity (Wildman–Crippen MR) is 77.4 cm³/mol. The van der Waals surface area contributed by atoms with E-state index >= 15 is 0 Å². The molecule has 5 nitrogen and oxygen atoms in total. The zero-order chi connectivity index (χ0) is 15.0. The Morgan fingerprint density at radius 2 is 2.10 bits per heavy atom. The zero-order valence-corrected chi connectivity index (χ0v) is 12.4. The van der Waals surface area contributed by atoms with E-state index in [0.717, 1.165) is 4.90 Å². The normalized spacial score (nSPS) is 13.3. The second-order valence-corrected chi connectivity index (χ2v) is 5.03. The van der Waals surface area contributed by atoms with Crippen molar-refractivity contribution in [3.05, 3.63) is 29.8 Å². The van der Waals surface area contributed by atoms with E-state index in [1.54, 1.807) is 23.9 Å². The maximum absolute atomic E-state index is 11.8. The molecule has 0 spiro atoms. The second kappa shape index (κ2) is 8.60. The lowest BCUT2D eigenvalue weighted by atomic mass is 10.0. The number of aliphatic hydroxyl groups is 1. The van der Waals surface area contributed by atoms with Crippen LogP contribution in [-0.2, 0) is 14.3 Å². The second-order valence-electron chi connectivity index (χ2n) is 4.15. The topological polar surface area (TPSA) is 75.6 Å². The predicted octanol–water partition coefficient (Wildman–Crippen LogP) is 1.51. The lowest BCUT2D eigenvalue weighted by Gasteiger charge is -2.21. The number of rotatable bonds is 8. The van der Waals surface area contributed by atoms with Crippen LogP contribution in [-0.4, -0.2) is 36.4 Å². The van der Waals surface area contributed by atoms with E-state index in [4.69, 9.17) is 4.74 Å². The van der Waals surface area contributed by atoms with Crippen molar-refractivity contribution in [2.24, 2.45) is 0 Å². The van der Waals surface area contributed by atoms with Gasteiger partial charge in [-0.2, -0.15) is 0 Å². The van der Waals surface area contributed by atoms with Crippen LogP contribution < -0.4 is 5.32 Å². The first-order chi connectivity index (χ1) is 9.63. The van der Waals surface area contributed by atoms with Crippen LogP contribution in [0.5, 0.6) is 0 Å². The van der Waals surface area contributed by atoms with Gasteiger partial charge < -0.3 is 15.2 Å². The Hall–Kier alpha value is -1.53. The number of hydrogen-bond acceptors (Lipinski definition) is 5. The van der Waals surface area contributed by atoms with Crippen molar-refractivity contribution in [3.8, 4) is 0 Å². The SMILES string of the molecule is CCCOC(=O)[C@@H](NC=O)[C@H](O)c1ccc(SC)cc1. The highest BCUT2D eigenvalue weighted by Crippen LogP contribution is 2.21. The quantitative estimate of drug-likeness (QED) is 0.432. The summed E-state index contributed by atoms with van der Waals surface area (Å²) in [4.78, 5) is 23.5. The van der Waals surface area contributed by atoms with E-state index < -0.39 is 18.1 Å². The number of benzene rings is 1. The molecule has 1 aromatic carbocycles. The van der Waals surface area contributed by atoms with E-state index in [9.17, 15) is 14.7 Å². The van der Waals surface area contributed by atoms with Crippen molar-refractivity contribution in [1.29, 1.82) is 0 Å². The van der Waals surface area contributed by atoms with Gasteiger partial charge in [0.05, 0.1) is 6.61 Å². The van der Waals surface area contributed by atoms with Gasteiger partial charge in [0.1, 0.15) is 6.10 Å². The Morgan fingerprint density at radius 3 is 2.60 bits per heavy atom. The average Bonchev–Trinajstić information content (AvgIpc) is 2.49. The summed E-state index contributed by atoms with van der Waals surface area (Å²) in [6.07, 6.45) is 1.88. The van der Waals surface area contributed by atoms with Gasteiger partial charge in [0.2, 0.25) is 6.41 Å². The molecular weight excluding hydrogens is 278 g/mol. The van der Waals surface area contributed by atoms with E-state index in [1.807, 2.05) is 25.3 Å². The largest absolute Gasteiger partial charge is 0.464 e. The van der Waals surface area contributed by atoms with Crippen molar-refractivity contribution >= 4 is 24.1 Å². The molecule has 0 saturated carbocycles. The van der Waals surface area contributed by atoms with Crippen LogP contribution in [0.4, 0.5) is 0 Å². The maximum Gasteiger partial charge on any atom is 0.331 e. The molecule has 0 aliphatic heterocycles. The standard InChI is InChI=1S/C14H19NO4S/c1-3-8-19-14(18)12(15-9-16)13(17)10-4-6-11(20-2)7-5-10/h4-7,9,12-13,17H,3,8H2,1-2H3,(H,15,16)/t12-,13+/m0/s1. The van der Waals surface area contributed by atoms with Gasteiger partial charge in [-0.25, -0.2) is 4.79 Å². The molecule has 2 atom stereocenters. The van der Waals surface area contributed by atoms with Gasteiger partial charge in [-0.1, -0.05) is 19.1 Å². The first-order valence-corrected chi connectivity index (χ1v) is 7.54. The summed E-state index contributed by atoms with van der Waals surface area (Å²) in [5.41, 5.74) is 0.551. The molecule has 0 heterocycles. The molecule has 1 amide bonds. The molecule has 20 heavy (non-hydrogen) atoms. The Labute approximate surface area is 122 Å². The molecular formula is C14H19NO4S. The minimum Gasteiger partial charge on any atom is -0.464 e. The minimum atomic E-state index is -1.14. The van der Waals surface area contributed by atoms with Crippen LogP contribution in [0, 0.1) is 0 Å². The van der Waals surface area contributed by atoms with Crippen molar-refractivity contribution in [1.82, 2.24) is 5.32 Å². The van der Waals surface area contributed by atoms with Crippen LogP contribution >= 0.6 is 11.8 Å².